The van der Waals surface area contributed by atoms with E-state index in [-0.39, 0.29) is 0 Å². The van der Waals surface area contributed by atoms with E-state index in [9.17, 15) is 0 Å². The highest BCUT2D eigenvalue weighted by Gasteiger charge is 2.44. The zero-order valence-corrected chi connectivity index (χ0v) is 14.9. The molecule has 0 aromatic rings. The van der Waals surface area contributed by atoms with Crippen molar-refractivity contribution >= 4 is 8.07 Å². The van der Waals surface area contributed by atoms with E-state index < -0.39 is 8.07 Å². The van der Waals surface area contributed by atoms with E-state index in [1.165, 1.54) is 18.1 Å². The highest BCUT2D eigenvalue weighted by atomic mass is 28.3. The first-order valence-corrected chi connectivity index (χ1v) is 10.1. The topological polar surface area (TPSA) is 0 Å². The van der Waals surface area contributed by atoms with Gasteiger partial charge in [0.15, 0.2) is 0 Å². The van der Waals surface area contributed by atoms with E-state index in [1.807, 2.05) is 0 Å². The molecule has 0 fully saturated rings. The van der Waals surface area contributed by atoms with Crippen molar-refractivity contribution in [1.82, 2.24) is 0 Å². The molecule has 0 atom stereocenters. The number of hydrogen-bond acceptors (Lipinski definition) is 0. The summed E-state index contributed by atoms with van der Waals surface area (Å²) in [5, 5.41) is 0.547. The molecule has 0 saturated carbocycles. The van der Waals surface area contributed by atoms with Crippen LogP contribution in [0, 0.1) is 17.8 Å². The van der Waals surface area contributed by atoms with Gasteiger partial charge in [-0.3, -0.25) is 0 Å². The number of rotatable bonds is 6. The Morgan fingerprint density at radius 3 is 1.00 bits per heavy atom. The third kappa shape index (κ3) is 5.59. The second kappa shape index (κ2) is 6.40. The normalized spacial score (nSPS) is 14.1. The fraction of sp³-hybridized carbons (Fsp3) is 1.00. The highest BCUT2D eigenvalue weighted by Crippen LogP contribution is 2.48. The maximum atomic E-state index is 2.51. The van der Waals surface area contributed by atoms with Gasteiger partial charge in [-0.05, 0) is 22.8 Å². The van der Waals surface area contributed by atoms with Crippen molar-refractivity contribution in [2.24, 2.45) is 17.8 Å². The molecule has 0 N–H and O–H groups in total. The average Bonchev–Trinajstić information content (AvgIpc) is 1.96. The predicted octanol–water partition coefficient (Wildman–Crippen LogP) is 6.20. The highest BCUT2D eigenvalue weighted by molar-refractivity contribution is 6.82. The van der Waals surface area contributed by atoms with Crippen LogP contribution in [0.4, 0.5) is 0 Å². The van der Waals surface area contributed by atoms with Gasteiger partial charge in [0.05, 0.1) is 8.07 Å². The Morgan fingerprint density at radius 2 is 0.882 bits per heavy atom. The monoisotopic (exact) mass is 256 g/mol. The van der Waals surface area contributed by atoms with Crippen molar-refractivity contribution in [2.45, 2.75) is 85.5 Å². The summed E-state index contributed by atoms with van der Waals surface area (Å²) in [6.07, 6.45) is 0. The second-order valence-electron chi connectivity index (χ2n) is 8.32. The van der Waals surface area contributed by atoms with E-state index in [4.69, 9.17) is 0 Å². The minimum atomic E-state index is -1.19. The summed E-state index contributed by atoms with van der Waals surface area (Å²) in [5.41, 5.74) is 0. The van der Waals surface area contributed by atoms with E-state index in [1.54, 1.807) is 0 Å². The zero-order chi connectivity index (χ0) is 13.9. The van der Waals surface area contributed by atoms with Crippen LogP contribution in [0.3, 0.4) is 0 Å². The molecule has 0 radical (unpaired) electrons. The third-order valence-corrected chi connectivity index (χ3v) is 12.0. The Bertz CT molecular complexity index is 182. The van der Waals surface area contributed by atoms with Crippen LogP contribution in [-0.4, -0.2) is 8.07 Å². The molecule has 0 saturated heterocycles. The molecule has 0 nitrogen and oxygen atoms in total. The fourth-order valence-electron chi connectivity index (χ4n) is 3.51. The van der Waals surface area contributed by atoms with E-state index in [0.717, 1.165) is 17.8 Å². The molecule has 0 amide bonds. The smallest absolute Gasteiger partial charge is 0.0597 e. The lowest BCUT2D eigenvalue weighted by Gasteiger charge is -2.47. The van der Waals surface area contributed by atoms with Crippen LogP contribution in [0.25, 0.3) is 0 Å². The van der Waals surface area contributed by atoms with Gasteiger partial charge >= 0.3 is 0 Å². The molecule has 1 heteroatoms. The standard InChI is InChI=1S/C16H36Si/c1-13(2)10-17(11-14(3)4,12-15(5)6)16(7,8)9/h13-15H,10-12H2,1-9H3. The molecular weight excluding hydrogens is 220 g/mol. The van der Waals surface area contributed by atoms with Crippen molar-refractivity contribution in [3.05, 3.63) is 0 Å². The van der Waals surface area contributed by atoms with Gasteiger partial charge in [0.2, 0.25) is 0 Å². The maximum Gasteiger partial charge on any atom is 0.0597 e. The Balaban J connectivity index is 5.20. The SMILES string of the molecule is CC(C)C[Si](CC(C)C)(CC(C)C)C(C)(C)C. The Kier molecular flexibility index (Phi) is 6.48. The Hall–Kier alpha value is 0.217. The van der Waals surface area contributed by atoms with Crippen LogP contribution in [-0.2, 0) is 0 Å². The molecule has 0 bridgehead atoms. The van der Waals surface area contributed by atoms with Gasteiger partial charge in [-0.1, -0.05) is 80.4 Å². The van der Waals surface area contributed by atoms with Crippen LogP contribution in [0.15, 0.2) is 0 Å². The summed E-state index contributed by atoms with van der Waals surface area (Å²) in [6, 6.07) is 4.52. The van der Waals surface area contributed by atoms with Gasteiger partial charge in [-0.2, -0.15) is 0 Å². The lowest BCUT2D eigenvalue weighted by molar-refractivity contribution is 0.580. The first-order valence-electron chi connectivity index (χ1n) is 7.50. The molecule has 0 aliphatic heterocycles. The summed E-state index contributed by atoms with van der Waals surface area (Å²) in [6.45, 7) is 22.0. The molecule has 0 aliphatic rings. The molecule has 0 spiro atoms. The second-order valence-corrected chi connectivity index (χ2v) is 13.6. The van der Waals surface area contributed by atoms with Gasteiger partial charge in [-0.15, -0.1) is 0 Å². The van der Waals surface area contributed by atoms with Gasteiger partial charge in [-0.25, -0.2) is 0 Å². The summed E-state index contributed by atoms with van der Waals surface area (Å²) < 4.78 is 0. The van der Waals surface area contributed by atoms with E-state index in [0.29, 0.717) is 5.04 Å². The van der Waals surface area contributed by atoms with Crippen molar-refractivity contribution in [1.29, 1.82) is 0 Å². The van der Waals surface area contributed by atoms with Crippen LogP contribution in [0.2, 0.25) is 23.2 Å². The van der Waals surface area contributed by atoms with Crippen molar-refractivity contribution < 1.29 is 0 Å². The number of hydrogen-bond donors (Lipinski definition) is 0. The van der Waals surface area contributed by atoms with Gasteiger partial charge in [0.25, 0.3) is 0 Å². The summed E-state index contributed by atoms with van der Waals surface area (Å²) in [7, 11) is -1.19. The lowest BCUT2D eigenvalue weighted by atomic mass is 10.2. The molecule has 0 rings (SSSR count). The zero-order valence-electron chi connectivity index (χ0n) is 13.9. The average molecular weight is 257 g/mol. The Labute approximate surface area is 112 Å². The van der Waals surface area contributed by atoms with Crippen LogP contribution in [0.1, 0.15) is 62.3 Å². The van der Waals surface area contributed by atoms with Crippen LogP contribution in [0.5, 0.6) is 0 Å². The first kappa shape index (κ1) is 17.2. The minimum Gasteiger partial charge on any atom is -0.0630 e. The van der Waals surface area contributed by atoms with E-state index in [2.05, 4.69) is 62.3 Å². The largest absolute Gasteiger partial charge is 0.0630 e. The molecule has 104 valence electrons. The molecular formula is C16H36Si. The van der Waals surface area contributed by atoms with Crippen LogP contribution < -0.4 is 0 Å². The maximum absolute atomic E-state index is 2.51. The molecule has 0 heterocycles. The molecule has 0 aromatic carbocycles. The molecule has 0 unspecified atom stereocenters. The summed E-state index contributed by atoms with van der Waals surface area (Å²) >= 11 is 0. The molecule has 17 heavy (non-hydrogen) atoms. The quantitative estimate of drug-likeness (QED) is 0.496. The fourth-order valence-corrected chi connectivity index (χ4v) is 10.5. The summed E-state index contributed by atoms with van der Waals surface area (Å²) in [4.78, 5) is 0. The van der Waals surface area contributed by atoms with Crippen LogP contribution >= 0.6 is 0 Å². The lowest BCUT2D eigenvalue weighted by Crippen LogP contribution is -2.47. The van der Waals surface area contributed by atoms with Gasteiger partial charge in [0, 0.05) is 0 Å². The van der Waals surface area contributed by atoms with Gasteiger partial charge < -0.3 is 0 Å². The van der Waals surface area contributed by atoms with Crippen molar-refractivity contribution in [2.75, 3.05) is 0 Å². The molecule has 0 aromatic heterocycles. The predicted molar refractivity (Wildman–Crippen MR) is 84.4 cm³/mol. The third-order valence-electron chi connectivity index (χ3n) is 3.99. The Morgan fingerprint density at radius 1 is 0.647 bits per heavy atom. The van der Waals surface area contributed by atoms with Crippen molar-refractivity contribution in [3.8, 4) is 0 Å². The molecule has 0 aliphatic carbocycles. The summed E-state index contributed by atoms with van der Waals surface area (Å²) in [5.74, 6) is 2.58. The van der Waals surface area contributed by atoms with Gasteiger partial charge in [0.1, 0.15) is 0 Å². The van der Waals surface area contributed by atoms with Crippen molar-refractivity contribution in [3.63, 3.8) is 0 Å². The van der Waals surface area contributed by atoms with E-state index >= 15 is 0 Å². The minimum absolute atomic E-state index is 0.547. The first-order chi connectivity index (χ1) is 7.50.